The predicted molar refractivity (Wildman–Crippen MR) is 165 cm³/mol. The molecule has 212 valence electrons. The van der Waals surface area contributed by atoms with Gasteiger partial charge < -0.3 is 10.3 Å². The van der Waals surface area contributed by atoms with Crippen molar-refractivity contribution in [1.29, 1.82) is 0 Å². The molecule has 5 rings (SSSR count). The first kappa shape index (κ1) is 28.4. The van der Waals surface area contributed by atoms with Crippen LogP contribution in [0.4, 0.5) is 0 Å². The van der Waals surface area contributed by atoms with Gasteiger partial charge >= 0.3 is 0 Å². The Kier molecular flexibility index (Phi) is 10.1. The lowest BCUT2D eigenvalue weighted by atomic mass is 9.79. The third-order valence-electron chi connectivity index (χ3n) is 9.75. The van der Waals surface area contributed by atoms with E-state index in [1.54, 1.807) is 0 Å². The van der Waals surface area contributed by atoms with Crippen molar-refractivity contribution < 1.29 is 0 Å². The normalized spacial score (nSPS) is 19.7. The van der Waals surface area contributed by atoms with Crippen molar-refractivity contribution in [2.45, 2.75) is 127 Å². The molecule has 0 amide bonds. The number of rotatable bonds is 12. The van der Waals surface area contributed by atoms with Crippen molar-refractivity contribution >= 4 is 11.0 Å². The first-order chi connectivity index (χ1) is 19.2. The Morgan fingerprint density at radius 3 is 2.18 bits per heavy atom. The Hall–Kier alpha value is -2.17. The van der Waals surface area contributed by atoms with Crippen LogP contribution in [0.5, 0.6) is 0 Å². The second-order valence-electron chi connectivity index (χ2n) is 12.4. The molecule has 2 heterocycles. The summed E-state index contributed by atoms with van der Waals surface area (Å²) in [5.41, 5.74) is 11.0. The van der Waals surface area contributed by atoms with Gasteiger partial charge in [-0.1, -0.05) is 120 Å². The highest BCUT2D eigenvalue weighted by Gasteiger charge is 2.40. The van der Waals surface area contributed by atoms with Gasteiger partial charge in [0.1, 0.15) is 5.82 Å². The van der Waals surface area contributed by atoms with E-state index in [1.165, 1.54) is 107 Å². The van der Waals surface area contributed by atoms with Gasteiger partial charge in [-0.15, -0.1) is 0 Å². The van der Waals surface area contributed by atoms with Crippen molar-refractivity contribution in [2.75, 3.05) is 13.1 Å². The van der Waals surface area contributed by atoms with E-state index in [9.17, 15) is 0 Å². The van der Waals surface area contributed by atoms with Gasteiger partial charge in [0.2, 0.25) is 0 Å². The van der Waals surface area contributed by atoms with Crippen LogP contribution in [-0.2, 0) is 5.54 Å². The number of imidazole rings is 1. The number of fused-ring (bicyclic) bond motifs is 1. The van der Waals surface area contributed by atoms with E-state index in [2.05, 4.69) is 71.0 Å². The molecule has 1 atom stereocenters. The van der Waals surface area contributed by atoms with E-state index in [0.29, 0.717) is 6.04 Å². The summed E-state index contributed by atoms with van der Waals surface area (Å²) in [5.74, 6) is 1.12. The summed E-state index contributed by atoms with van der Waals surface area (Å²) in [6.07, 6.45) is 20.7. The van der Waals surface area contributed by atoms with Crippen LogP contribution in [0.3, 0.4) is 0 Å². The van der Waals surface area contributed by atoms with Crippen molar-refractivity contribution in [3.63, 3.8) is 0 Å². The summed E-state index contributed by atoms with van der Waals surface area (Å²) in [4.78, 5) is 8.00. The van der Waals surface area contributed by atoms with E-state index in [1.807, 2.05) is 0 Å². The molecule has 1 saturated heterocycles. The van der Waals surface area contributed by atoms with E-state index in [0.717, 1.165) is 30.9 Å². The SMILES string of the molecule is CCCCCCCCCC(N)c1nc2ccccc2n1C1CCN(C2(c3ccccc3)CCCCCC2)CC1. The largest absolute Gasteiger partial charge is 0.323 e. The topological polar surface area (TPSA) is 47.1 Å². The standard InChI is InChI=1S/C35H52N4/c1-2-3-4-5-6-7-13-20-31(36)34-37-32-21-14-15-22-33(32)39(34)30-23-27-38(28-24-30)35(25-16-8-9-17-26-35)29-18-11-10-12-19-29/h10-12,14-15,18-19,21-22,30-31H,2-9,13,16-17,20,23-28,36H2,1H3. The summed E-state index contributed by atoms with van der Waals surface area (Å²) < 4.78 is 2.56. The average Bonchev–Trinajstić information content (AvgIpc) is 3.19. The maximum Gasteiger partial charge on any atom is 0.127 e. The van der Waals surface area contributed by atoms with Crippen molar-refractivity contribution in [3.8, 4) is 0 Å². The molecular formula is C35H52N4. The number of para-hydroxylation sites is 2. The Bertz CT molecular complexity index is 1120. The molecule has 0 radical (unpaired) electrons. The lowest BCUT2D eigenvalue weighted by molar-refractivity contribution is 0.0354. The van der Waals surface area contributed by atoms with Gasteiger partial charge in [0, 0.05) is 24.7 Å². The molecule has 39 heavy (non-hydrogen) atoms. The van der Waals surface area contributed by atoms with Crippen LogP contribution in [0, 0.1) is 0 Å². The summed E-state index contributed by atoms with van der Waals surface area (Å²) in [7, 11) is 0. The minimum Gasteiger partial charge on any atom is -0.323 e. The van der Waals surface area contributed by atoms with Gasteiger partial charge in [0.15, 0.2) is 0 Å². The third-order valence-corrected chi connectivity index (χ3v) is 9.75. The molecule has 0 spiro atoms. The molecule has 2 fully saturated rings. The van der Waals surface area contributed by atoms with E-state index in [4.69, 9.17) is 10.7 Å². The van der Waals surface area contributed by atoms with Crippen molar-refractivity contribution in [2.24, 2.45) is 5.73 Å². The molecule has 1 unspecified atom stereocenters. The Morgan fingerprint density at radius 2 is 1.46 bits per heavy atom. The molecule has 1 aliphatic heterocycles. The molecule has 1 saturated carbocycles. The quantitative estimate of drug-likeness (QED) is 0.188. The molecule has 2 N–H and O–H groups in total. The molecule has 2 aromatic carbocycles. The van der Waals surface area contributed by atoms with Crippen LogP contribution in [0.2, 0.25) is 0 Å². The lowest BCUT2D eigenvalue weighted by Gasteiger charge is -2.48. The van der Waals surface area contributed by atoms with Gasteiger partial charge in [0.25, 0.3) is 0 Å². The second kappa shape index (κ2) is 13.9. The van der Waals surface area contributed by atoms with Crippen LogP contribution < -0.4 is 5.73 Å². The summed E-state index contributed by atoms with van der Waals surface area (Å²) in [6.45, 7) is 4.59. The Morgan fingerprint density at radius 1 is 0.821 bits per heavy atom. The number of hydrogen-bond donors (Lipinski definition) is 1. The van der Waals surface area contributed by atoms with Crippen LogP contribution in [0.1, 0.15) is 133 Å². The molecule has 0 bridgehead atoms. The molecule has 4 heteroatoms. The first-order valence-corrected chi connectivity index (χ1v) is 16.3. The van der Waals surface area contributed by atoms with Gasteiger partial charge in [-0.3, -0.25) is 4.90 Å². The summed E-state index contributed by atoms with van der Waals surface area (Å²) >= 11 is 0. The van der Waals surface area contributed by atoms with Gasteiger partial charge in [-0.05, 0) is 49.8 Å². The second-order valence-corrected chi connectivity index (χ2v) is 12.4. The predicted octanol–water partition coefficient (Wildman–Crippen LogP) is 9.06. The molecule has 4 nitrogen and oxygen atoms in total. The monoisotopic (exact) mass is 528 g/mol. The number of benzene rings is 2. The van der Waals surface area contributed by atoms with E-state index < -0.39 is 0 Å². The Balaban J connectivity index is 1.30. The summed E-state index contributed by atoms with van der Waals surface area (Å²) in [5, 5.41) is 0. The van der Waals surface area contributed by atoms with Crippen molar-refractivity contribution in [1.82, 2.24) is 14.5 Å². The highest BCUT2D eigenvalue weighted by atomic mass is 15.2. The van der Waals surface area contributed by atoms with Gasteiger partial charge in [-0.25, -0.2) is 4.98 Å². The highest BCUT2D eigenvalue weighted by Crippen LogP contribution is 2.44. The maximum absolute atomic E-state index is 6.89. The lowest BCUT2D eigenvalue weighted by Crippen LogP contribution is -2.50. The van der Waals surface area contributed by atoms with E-state index in [-0.39, 0.29) is 11.6 Å². The fraction of sp³-hybridized carbons (Fsp3) is 0.629. The molecule has 1 aromatic heterocycles. The number of hydrogen-bond acceptors (Lipinski definition) is 3. The molecular weight excluding hydrogens is 476 g/mol. The number of nitrogens with zero attached hydrogens (tertiary/aromatic N) is 3. The maximum atomic E-state index is 6.89. The van der Waals surface area contributed by atoms with Crippen molar-refractivity contribution in [3.05, 3.63) is 66.0 Å². The zero-order valence-electron chi connectivity index (χ0n) is 24.5. The third kappa shape index (κ3) is 6.60. The van der Waals surface area contributed by atoms with Crippen LogP contribution in [0.25, 0.3) is 11.0 Å². The Labute approximate surface area is 237 Å². The number of nitrogens with two attached hydrogens (primary N) is 1. The smallest absolute Gasteiger partial charge is 0.127 e. The summed E-state index contributed by atoms with van der Waals surface area (Å²) in [6, 6.07) is 20.6. The molecule has 1 aliphatic carbocycles. The van der Waals surface area contributed by atoms with Crippen LogP contribution in [-0.4, -0.2) is 27.5 Å². The van der Waals surface area contributed by atoms with Gasteiger partial charge in [-0.2, -0.15) is 0 Å². The molecule has 2 aliphatic rings. The fourth-order valence-corrected chi connectivity index (χ4v) is 7.56. The zero-order valence-corrected chi connectivity index (χ0v) is 24.5. The minimum atomic E-state index is 0.0172. The highest BCUT2D eigenvalue weighted by molar-refractivity contribution is 5.76. The number of piperidine rings is 1. The molecule has 3 aromatic rings. The number of likely N-dealkylation sites (tertiary alicyclic amines) is 1. The van der Waals surface area contributed by atoms with Crippen LogP contribution in [0.15, 0.2) is 54.6 Å². The van der Waals surface area contributed by atoms with Crippen LogP contribution >= 0.6 is 0 Å². The zero-order chi connectivity index (χ0) is 26.9. The number of aromatic nitrogens is 2. The first-order valence-electron chi connectivity index (χ1n) is 16.3. The minimum absolute atomic E-state index is 0.0172. The average molecular weight is 529 g/mol. The van der Waals surface area contributed by atoms with E-state index >= 15 is 0 Å². The number of unbranched alkanes of at least 4 members (excludes halogenated alkanes) is 6. The van der Waals surface area contributed by atoms with Gasteiger partial charge in [0.05, 0.1) is 17.1 Å². The fourth-order valence-electron chi connectivity index (χ4n) is 7.56.